The third-order valence-electron chi connectivity index (χ3n) is 2.88. The Labute approximate surface area is 121 Å². The van der Waals surface area contributed by atoms with E-state index in [4.69, 9.17) is 0 Å². The van der Waals surface area contributed by atoms with Crippen molar-refractivity contribution in [2.24, 2.45) is 0 Å². The Morgan fingerprint density at radius 3 is 2.28 bits per heavy atom. The highest BCUT2D eigenvalue weighted by atomic mass is 32.2. The molecule has 0 nitrogen and oxygen atoms in total. The predicted octanol–water partition coefficient (Wildman–Crippen LogP) is 5.87. The van der Waals surface area contributed by atoms with Crippen LogP contribution in [0, 0.1) is 0 Å². The Morgan fingerprint density at radius 1 is 0.778 bits per heavy atom. The Morgan fingerprint density at radius 2 is 1.50 bits per heavy atom. The fraction of sp³-hybridized carbons (Fsp3) is 0.625. The summed E-state index contributed by atoms with van der Waals surface area (Å²) >= 11 is 4.09. The highest BCUT2D eigenvalue weighted by Crippen LogP contribution is 2.19. The summed E-state index contributed by atoms with van der Waals surface area (Å²) < 4.78 is 0. The minimum absolute atomic E-state index is 1.24. The van der Waals surface area contributed by atoms with E-state index >= 15 is 0 Å². The van der Waals surface area contributed by atoms with Crippen LogP contribution in [0.1, 0.15) is 45.4 Å². The Hall–Kier alpha value is -0.0800. The minimum atomic E-state index is 1.24. The lowest BCUT2D eigenvalue weighted by Crippen LogP contribution is -1.88. The molecule has 0 aliphatic heterocycles. The molecule has 0 spiro atoms. The summed E-state index contributed by atoms with van der Waals surface area (Å²) in [4.78, 5) is 1.40. The molecule has 0 atom stereocenters. The van der Waals surface area contributed by atoms with Gasteiger partial charge in [-0.05, 0) is 24.3 Å². The summed E-state index contributed by atoms with van der Waals surface area (Å²) in [7, 11) is 0. The van der Waals surface area contributed by atoms with E-state index in [1.54, 1.807) is 0 Å². The third-order valence-corrected chi connectivity index (χ3v) is 5.22. The van der Waals surface area contributed by atoms with Crippen LogP contribution in [0.25, 0.3) is 0 Å². The summed E-state index contributed by atoms with van der Waals surface area (Å²) in [6.45, 7) is 2.28. The molecule has 102 valence electrons. The van der Waals surface area contributed by atoms with E-state index in [0.29, 0.717) is 0 Å². The smallest absolute Gasteiger partial charge is 0.00722 e. The lowest BCUT2D eigenvalue weighted by molar-refractivity contribution is 0.627. The maximum absolute atomic E-state index is 2.28. The third kappa shape index (κ3) is 8.93. The van der Waals surface area contributed by atoms with E-state index in [-0.39, 0.29) is 0 Å². The van der Waals surface area contributed by atoms with Crippen LogP contribution in [-0.4, -0.2) is 17.3 Å². The van der Waals surface area contributed by atoms with Gasteiger partial charge in [-0.3, -0.25) is 0 Å². The van der Waals surface area contributed by atoms with Gasteiger partial charge in [0.2, 0.25) is 0 Å². The van der Waals surface area contributed by atoms with Crippen molar-refractivity contribution < 1.29 is 0 Å². The molecule has 0 unspecified atom stereocenters. The summed E-state index contributed by atoms with van der Waals surface area (Å²) in [5.41, 5.74) is 0. The van der Waals surface area contributed by atoms with Crippen molar-refractivity contribution >= 4 is 23.5 Å². The molecule has 0 N–H and O–H groups in total. The van der Waals surface area contributed by atoms with Gasteiger partial charge >= 0.3 is 0 Å². The summed E-state index contributed by atoms with van der Waals surface area (Å²) in [5.74, 6) is 3.88. The van der Waals surface area contributed by atoms with E-state index < -0.39 is 0 Å². The molecule has 1 rings (SSSR count). The van der Waals surface area contributed by atoms with Gasteiger partial charge in [0.25, 0.3) is 0 Å². The Kier molecular flexibility index (Phi) is 10.6. The second kappa shape index (κ2) is 12.0. The molecule has 18 heavy (non-hydrogen) atoms. The lowest BCUT2D eigenvalue weighted by Gasteiger charge is -2.02. The van der Waals surface area contributed by atoms with E-state index in [1.807, 2.05) is 11.8 Å². The highest BCUT2D eigenvalue weighted by Gasteiger charge is 1.94. The van der Waals surface area contributed by atoms with Gasteiger partial charge in [-0.25, -0.2) is 0 Å². The first-order valence-electron chi connectivity index (χ1n) is 7.19. The number of benzene rings is 1. The topological polar surface area (TPSA) is 0 Å². The van der Waals surface area contributed by atoms with E-state index in [0.717, 1.165) is 0 Å². The maximum atomic E-state index is 2.28. The van der Waals surface area contributed by atoms with Crippen molar-refractivity contribution in [1.29, 1.82) is 0 Å². The lowest BCUT2D eigenvalue weighted by atomic mass is 10.1. The molecule has 0 heterocycles. The van der Waals surface area contributed by atoms with Crippen LogP contribution in [0.5, 0.6) is 0 Å². The van der Waals surface area contributed by atoms with Crippen molar-refractivity contribution in [3.63, 3.8) is 0 Å². The first kappa shape index (κ1) is 16.0. The zero-order valence-corrected chi connectivity index (χ0v) is 13.2. The Bertz CT molecular complexity index is 272. The number of unbranched alkanes of at least 4 members (excludes halogenated alkanes) is 5. The van der Waals surface area contributed by atoms with Gasteiger partial charge in [0, 0.05) is 16.4 Å². The molecule has 0 amide bonds. The molecule has 0 radical (unpaired) electrons. The van der Waals surface area contributed by atoms with Gasteiger partial charge in [-0.15, -0.1) is 11.8 Å². The molecule has 0 aliphatic rings. The molecule has 1 aromatic carbocycles. The van der Waals surface area contributed by atoms with E-state index in [2.05, 4.69) is 49.0 Å². The average molecular weight is 283 g/mol. The zero-order valence-electron chi connectivity index (χ0n) is 11.6. The van der Waals surface area contributed by atoms with Gasteiger partial charge in [0.05, 0.1) is 0 Å². The monoisotopic (exact) mass is 282 g/mol. The highest BCUT2D eigenvalue weighted by molar-refractivity contribution is 8.02. The SMILES string of the molecule is CCCCCCCCSCCSc1ccccc1. The van der Waals surface area contributed by atoms with Crippen molar-refractivity contribution in [3.8, 4) is 0 Å². The molecule has 0 aliphatic carbocycles. The quantitative estimate of drug-likeness (QED) is 0.367. The molecule has 0 saturated carbocycles. The normalized spacial score (nSPS) is 10.7. The molecule has 0 bridgehead atoms. The maximum Gasteiger partial charge on any atom is 0.00722 e. The zero-order chi connectivity index (χ0) is 12.9. The summed E-state index contributed by atoms with van der Waals surface area (Å²) in [5, 5.41) is 0. The number of thioether (sulfide) groups is 2. The number of rotatable bonds is 11. The largest absolute Gasteiger partial charge is 0.161 e. The molecular formula is C16H26S2. The van der Waals surface area contributed by atoms with Crippen LogP contribution in [0.15, 0.2) is 35.2 Å². The van der Waals surface area contributed by atoms with E-state index in [1.165, 1.54) is 60.7 Å². The van der Waals surface area contributed by atoms with Crippen LogP contribution in [0.4, 0.5) is 0 Å². The van der Waals surface area contributed by atoms with Crippen molar-refractivity contribution in [2.75, 3.05) is 17.3 Å². The molecule has 0 fully saturated rings. The van der Waals surface area contributed by atoms with Crippen molar-refractivity contribution in [1.82, 2.24) is 0 Å². The number of hydrogen-bond donors (Lipinski definition) is 0. The molecule has 0 aromatic heterocycles. The predicted molar refractivity (Wildman–Crippen MR) is 87.9 cm³/mol. The first-order valence-corrected chi connectivity index (χ1v) is 9.33. The summed E-state index contributed by atoms with van der Waals surface area (Å²) in [6, 6.07) is 10.7. The average Bonchev–Trinajstić information content (AvgIpc) is 2.42. The fourth-order valence-corrected chi connectivity index (χ4v) is 3.82. The van der Waals surface area contributed by atoms with Gasteiger partial charge in [-0.1, -0.05) is 57.2 Å². The van der Waals surface area contributed by atoms with Crippen LogP contribution < -0.4 is 0 Å². The Balaban J connectivity index is 1.82. The second-order valence-electron chi connectivity index (χ2n) is 4.54. The molecule has 0 saturated heterocycles. The van der Waals surface area contributed by atoms with Crippen LogP contribution in [0.2, 0.25) is 0 Å². The number of hydrogen-bond acceptors (Lipinski definition) is 2. The molecule has 2 heteroatoms. The van der Waals surface area contributed by atoms with Crippen molar-refractivity contribution in [3.05, 3.63) is 30.3 Å². The molecule has 1 aromatic rings. The van der Waals surface area contributed by atoms with Gasteiger partial charge in [0.15, 0.2) is 0 Å². The van der Waals surface area contributed by atoms with Crippen molar-refractivity contribution in [2.45, 2.75) is 50.3 Å². The van der Waals surface area contributed by atoms with Gasteiger partial charge in [-0.2, -0.15) is 11.8 Å². The second-order valence-corrected chi connectivity index (χ2v) is 6.93. The van der Waals surface area contributed by atoms with Crippen LogP contribution in [0.3, 0.4) is 0 Å². The fourth-order valence-electron chi connectivity index (χ4n) is 1.82. The van der Waals surface area contributed by atoms with Crippen LogP contribution >= 0.6 is 23.5 Å². The van der Waals surface area contributed by atoms with Gasteiger partial charge in [0.1, 0.15) is 0 Å². The first-order chi connectivity index (χ1) is 8.93. The standard InChI is InChI=1S/C16H26S2/c1-2-3-4-5-6-10-13-17-14-15-18-16-11-8-7-9-12-16/h7-9,11-12H,2-6,10,13-15H2,1H3. The van der Waals surface area contributed by atoms with E-state index in [9.17, 15) is 0 Å². The van der Waals surface area contributed by atoms with Crippen LogP contribution in [-0.2, 0) is 0 Å². The van der Waals surface area contributed by atoms with Gasteiger partial charge < -0.3 is 0 Å². The molecular weight excluding hydrogens is 256 g/mol. The minimum Gasteiger partial charge on any atom is -0.161 e. The summed E-state index contributed by atoms with van der Waals surface area (Å²) in [6.07, 6.45) is 8.48.